The van der Waals surface area contributed by atoms with Crippen LogP contribution in [-0.4, -0.2) is 55.2 Å². The summed E-state index contributed by atoms with van der Waals surface area (Å²) < 4.78 is 31.6. The van der Waals surface area contributed by atoms with Gasteiger partial charge in [0.2, 0.25) is 0 Å². The van der Waals surface area contributed by atoms with E-state index in [1.54, 1.807) is 0 Å². The molecule has 7 heteroatoms. The normalized spacial score (nSPS) is 35.4. The highest BCUT2D eigenvalue weighted by molar-refractivity contribution is 5.88. The van der Waals surface area contributed by atoms with Crippen LogP contribution in [-0.2, 0) is 28.5 Å². The van der Waals surface area contributed by atoms with E-state index >= 15 is 0 Å². The predicted molar refractivity (Wildman–Crippen MR) is 148 cm³/mol. The fourth-order valence-corrected chi connectivity index (χ4v) is 7.40. The third-order valence-corrected chi connectivity index (χ3v) is 9.60. The highest BCUT2D eigenvalue weighted by atomic mass is 16.7. The molecule has 0 spiro atoms. The molecule has 5 aliphatic rings. The van der Waals surface area contributed by atoms with Crippen molar-refractivity contribution in [1.29, 1.82) is 0 Å². The second-order valence-electron chi connectivity index (χ2n) is 12.4. The molecule has 39 heavy (non-hydrogen) atoms. The van der Waals surface area contributed by atoms with Gasteiger partial charge in [-0.25, -0.2) is 4.79 Å². The topological polar surface area (TPSA) is 86.8 Å². The third kappa shape index (κ3) is 7.46. The van der Waals surface area contributed by atoms with E-state index in [1.165, 1.54) is 24.8 Å². The first-order valence-electron chi connectivity index (χ1n) is 15.9. The summed E-state index contributed by atoms with van der Waals surface area (Å²) in [4.78, 5) is 12.9. The zero-order valence-corrected chi connectivity index (χ0v) is 24.0. The number of hydrogen-bond donors (Lipinski definition) is 1. The molecule has 3 aliphatic heterocycles. The molecule has 3 saturated heterocycles. The van der Waals surface area contributed by atoms with E-state index in [0.717, 1.165) is 83.5 Å². The molecule has 0 bridgehead atoms. The molecular formula is C32H50O7. The summed E-state index contributed by atoms with van der Waals surface area (Å²) in [7, 11) is 0. The fraction of sp³-hybridized carbons (Fsp3) is 0.844. The quantitative estimate of drug-likeness (QED) is 0.123. The van der Waals surface area contributed by atoms with Gasteiger partial charge >= 0.3 is 5.97 Å². The minimum Gasteiger partial charge on any atom is -0.478 e. The van der Waals surface area contributed by atoms with Crippen LogP contribution in [0.4, 0.5) is 0 Å². The van der Waals surface area contributed by atoms with Gasteiger partial charge in [0, 0.05) is 13.0 Å². The summed E-state index contributed by atoms with van der Waals surface area (Å²) in [6.07, 6.45) is 14.5. The van der Waals surface area contributed by atoms with Crippen LogP contribution in [0.5, 0.6) is 0 Å². The molecule has 220 valence electrons. The predicted octanol–water partition coefficient (Wildman–Crippen LogP) is 6.90. The Morgan fingerprint density at radius 1 is 0.974 bits per heavy atom. The second kappa shape index (κ2) is 14.0. The van der Waals surface area contributed by atoms with Crippen molar-refractivity contribution in [2.24, 2.45) is 17.8 Å². The number of ether oxygens (including phenoxy) is 5. The molecular weight excluding hydrogens is 496 g/mol. The summed E-state index contributed by atoms with van der Waals surface area (Å²) in [6.45, 7) is 7.95. The number of hydrogen-bond acceptors (Lipinski definition) is 6. The van der Waals surface area contributed by atoms with E-state index in [2.05, 4.69) is 13.5 Å². The number of carbonyl (C=O) groups is 1. The smallest absolute Gasteiger partial charge is 0.335 e. The van der Waals surface area contributed by atoms with Gasteiger partial charge in [0.1, 0.15) is 18.0 Å². The number of carboxylic acids is 1. The minimum atomic E-state index is -0.907. The number of allylic oxidation sites excluding steroid dienone is 1. The van der Waals surface area contributed by atoms with E-state index in [0.29, 0.717) is 36.4 Å². The Labute approximate surface area is 234 Å². The zero-order valence-electron chi connectivity index (χ0n) is 24.0. The first-order valence-corrected chi connectivity index (χ1v) is 15.9. The average molecular weight is 547 g/mol. The van der Waals surface area contributed by atoms with Crippen molar-refractivity contribution < 1.29 is 33.6 Å². The summed E-state index contributed by atoms with van der Waals surface area (Å²) in [6, 6.07) is 0. The van der Waals surface area contributed by atoms with Gasteiger partial charge in [-0.15, -0.1) is 0 Å². The Kier molecular flexibility index (Phi) is 10.4. The molecule has 7 atom stereocenters. The monoisotopic (exact) mass is 546 g/mol. The average Bonchev–Trinajstić information content (AvgIpc) is 3.64. The largest absolute Gasteiger partial charge is 0.478 e. The van der Waals surface area contributed by atoms with Gasteiger partial charge < -0.3 is 28.8 Å². The number of epoxide rings is 1. The molecule has 2 saturated carbocycles. The Hall–Kier alpha value is -1.41. The highest BCUT2D eigenvalue weighted by Crippen LogP contribution is 2.47. The van der Waals surface area contributed by atoms with Crippen LogP contribution < -0.4 is 0 Å². The van der Waals surface area contributed by atoms with Gasteiger partial charge in [-0.1, -0.05) is 51.2 Å². The summed E-state index contributed by atoms with van der Waals surface area (Å²) in [5.74, 6) is 0.591. The minimum absolute atomic E-state index is 0.00470. The van der Waals surface area contributed by atoms with E-state index in [-0.39, 0.29) is 24.4 Å². The zero-order chi connectivity index (χ0) is 27.2. The van der Waals surface area contributed by atoms with Crippen molar-refractivity contribution in [1.82, 2.24) is 0 Å². The fourth-order valence-electron chi connectivity index (χ4n) is 7.40. The van der Waals surface area contributed by atoms with Crippen molar-refractivity contribution in [3.63, 3.8) is 0 Å². The lowest BCUT2D eigenvalue weighted by Crippen LogP contribution is -2.38. The maximum absolute atomic E-state index is 12.9. The SMILES string of the molecule is C=C1CC[C@H](CCC)[C@H]1C[C@H]1OC1C(OC1CCCCO1)C(OC1CCCCO1)=C(C(=O)O)C1CCCCC1. The van der Waals surface area contributed by atoms with Crippen LogP contribution >= 0.6 is 0 Å². The first-order chi connectivity index (χ1) is 19.0. The van der Waals surface area contributed by atoms with Crippen molar-refractivity contribution in [3.8, 4) is 0 Å². The van der Waals surface area contributed by atoms with Crippen LogP contribution in [0.15, 0.2) is 23.5 Å². The van der Waals surface area contributed by atoms with Gasteiger partial charge in [-0.2, -0.15) is 0 Å². The Morgan fingerprint density at radius 2 is 1.67 bits per heavy atom. The molecule has 0 aromatic rings. The Bertz CT molecular complexity index is 851. The van der Waals surface area contributed by atoms with Gasteiger partial charge in [-0.05, 0) is 82.0 Å². The van der Waals surface area contributed by atoms with Crippen LogP contribution in [0.1, 0.15) is 110 Å². The van der Waals surface area contributed by atoms with Crippen LogP contribution in [0.3, 0.4) is 0 Å². The first kappa shape index (κ1) is 29.1. The van der Waals surface area contributed by atoms with Gasteiger partial charge in [-0.3, -0.25) is 0 Å². The maximum atomic E-state index is 12.9. The van der Waals surface area contributed by atoms with E-state index in [1.807, 2.05) is 0 Å². The summed E-state index contributed by atoms with van der Waals surface area (Å²) in [5, 5.41) is 10.6. The van der Waals surface area contributed by atoms with Gasteiger partial charge in [0.25, 0.3) is 0 Å². The van der Waals surface area contributed by atoms with Crippen LogP contribution in [0.25, 0.3) is 0 Å². The van der Waals surface area contributed by atoms with Crippen molar-refractivity contribution >= 4 is 5.97 Å². The Balaban J connectivity index is 1.44. The Morgan fingerprint density at radius 3 is 2.31 bits per heavy atom. The molecule has 7 nitrogen and oxygen atoms in total. The molecule has 3 heterocycles. The van der Waals surface area contributed by atoms with Crippen molar-refractivity contribution in [2.75, 3.05) is 13.2 Å². The summed E-state index contributed by atoms with van der Waals surface area (Å²) >= 11 is 0. The molecule has 2 aliphatic carbocycles. The lowest BCUT2D eigenvalue weighted by atomic mass is 9.82. The summed E-state index contributed by atoms with van der Waals surface area (Å²) in [5.41, 5.74) is 1.71. The lowest BCUT2D eigenvalue weighted by molar-refractivity contribution is -0.207. The number of aliphatic carboxylic acids is 1. The maximum Gasteiger partial charge on any atom is 0.335 e. The molecule has 0 aromatic carbocycles. The molecule has 1 N–H and O–H groups in total. The lowest BCUT2D eigenvalue weighted by Gasteiger charge is -2.34. The van der Waals surface area contributed by atoms with Crippen LogP contribution in [0, 0.1) is 17.8 Å². The van der Waals surface area contributed by atoms with E-state index in [4.69, 9.17) is 23.7 Å². The van der Waals surface area contributed by atoms with E-state index in [9.17, 15) is 9.90 Å². The third-order valence-electron chi connectivity index (χ3n) is 9.60. The molecule has 0 amide bonds. The van der Waals surface area contributed by atoms with Crippen LogP contribution in [0.2, 0.25) is 0 Å². The molecule has 5 fully saturated rings. The molecule has 5 rings (SSSR count). The van der Waals surface area contributed by atoms with Gasteiger partial charge in [0.05, 0.1) is 18.3 Å². The van der Waals surface area contributed by atoms with Crippen molar-refractivity contribution in [2.45, 2.75) is 141 Å². The molecule has 0 aromatic heterocycles. The molecule has 0 radical (unpaired) electrons. The highest BCUT2D eigenvalue weighted by Gasteiger charge is 2.52. The van der Waals surface area contributed by atoms with Gasteiger partial charge in [0.15, 0.2) is 12.6 Å². The van der Waals surface area contributed by atoms with Crippen molar-refractivity contribution in [3.05, 3.63) is 23.5 Å². The standard InChI is InChI=1S/C32H50O7/c1-3-11-22-17-16-21(2)24(22)20-25-29(37-25)31(39-27-15-8-10-19-36-27)30(38-26-14-7-9-18-35-26)28(32(33)34)23-12-5-4-6-13-23/h22-27,29,31H,2-20H2,1H3,(H,33,34)/t22-,24-,25+,26?,27?,29?,31?/m0/s1. The van der Waals surface area contributed by atoms with E-state index < -0.39 is 18.4 Å². The molecule has 4 unspecified atom stereocenters. The second-order valence-corrected chi connectivity index (χ2v) is 12.4. The number of carboxylic acid groups (broad SMARTS) is 1. The number of rotatable bonds is 12.